The summed E-state index contributed by atoms with van der Waals surface area (Å²) in [5.41, 5.74) is 2.97. The van der Waals surface area contributed by atoms with E-state index in [0.717, 1.165) is 36.0 Å². The highest BCUT2D eigenvalue weighted by Gasteiger charge is 2.30. The lowest BCUT2D eigenvalue weighted by molar-refractivity contribution is 0.00636. The van der Waals surface area contributed by atoms with Crippen molar-refractivity contribution in [1.29, 1.82) is 0 Å². The minimum atomic E-state index is -0.719. The van der Waals surface area contributed by atoms with E-state index >= 15 is 0 Å². The molecule has 0 saturated heterocycles. The third-order valence-electron chi connectivity index (χ3n) is 6.25. The van der Waals surface area contributed by atoms with Crippen LogP contribution in [-0.4, -0.2) is 46.3 Å². The molecular weight excluding hydrogens is 407 g/mol. The largest absolute Gasteiger partial charge is 0.487 e. The molecule has 2 N–H and O–H groups in total. The Balaban J connectivity index is 1.28. The summed E-state index contributed by atoms with van der Waals surface area (Å²) in [6.45, 7) is 0.759. The first-order chi connectivity index (χ1) is 14.4. The standard InChI is InChI=1S/C23H28F2NO3P/c24-18-5-3-14-9-16(2-1-15(14)10-18)20(27)12-26(30)13-21(28)23-7-4-17-11-19(25)6-8-22(17)29-23/h3,5-6,8,10-11,16,20-21,23,27-28H,1-2,4,7,9,12-13,30H2/t16-,20-,21-,23-/m0/s1. The second-order valence-corrected chi connectivity index (χ2v) is 9.18. The van der Waals surface area contributed by atoms with E-state index in [9.17, 15) is 19.0 Å². The second kappa shape index (κ2) is 9.27. The predicted octanol–water partition coefficient (Wildman–Crippen LogP) is 3.28. The van der Waals surface area contributed by atoms with Crippen LogP contribution in [0.1, 0.15) is 29.5 Å². The van der Waals surface area contributed by atoms with Gasteiger partial charge in [-0.25, -0.2) is 8.78 Å². The van der Waals surface area contributed by atoms with E-state index in [1.165, 1.54) is 18.2 Å². The Morgan fingerprint density at radius 1 is 0.933 bits per heavy atom. The van der Waals surface area contributed by atoms with Gasteiger partial charge in [-0.05, 0) is 85.0 Å². The average molecular weight is 435 g/mol. The molecule has 162 valence electrons. The quantitative estimate of drug-likeness (QED) is 0.684. The lowest BCUT2D eigenvalue weighted by Gasteiger charge is -2.34. The summed E-state index contributed by atoms with van der Waals surface area (Å²) < 4.78 is 34.5. The summed E-state index contributed by atoms with van der Waals surface area (Å²) >= 11 is 0. The Morgan fingerprint density at radius 2 is 1.60 bits per heavy atom. The van der Waals surface area contributed by atoms with Crippen LogP contribution < -0.4 is 4.74 Å². The van der Waals surface area contributed by atoms with Gasteiger partial charge in [-0.3, -0.25) is 4.67 Å². The molecular formula is C23H28F2NO3P. The van der Waals surface area contributed by atoms with E-state index < -0.39 is 12.2 Å². The van der Waals surface area contributed by atoms with E-state index in [0.29, 0.717) is 31.7 Å². The Labute approximate surface area is 178 Å². The zero-order valence-corrected chi connectivity index (χ0v) is 18.0. The van der Waals surface area contributed by atoms with Gasteiger partial charge in [-0.15, -0.1) is 0 Å². The van der Waals surface area contributed by atoms with Crippen LogP contribution in [-0.2, 0) is 19.3 Å². The Kier molecular flexibility index (Phi) is 6.69. The molecule has 7 heteroatoms. The fraction of sp³-hybridized carbons (Fsp3) is 0.478. The zero-order valence-electron chi connectivity index (χ0n) is 16.8. The van der Waals surface area contributed by atoms with Gasteiger partial charge in [0.25, 0.3) is 0 Å². The summed E-state index contributed by atoms with van der Waals surface area (Å²) in [6.07, 6.45) is 1.98. The van der Waals surface area contributed by atoms with Crippen LogP contribution in [0.15, 0.2) is 36.4 Å². The van der Waals surface area contributed by atoms with Gasteiger partial charge >= 0.3 is 0 Å². The topological polar surface area (TPSA) is 52.9 Å². The van der Waals surface area contributed by atoms with E-state index in [1.54, 1.807) is 12.1 Å². The molecule has 0 saturated carbocycles. The van der Waals surface area contributed by atoms with Crippen LogP contribution in [0, 0.1) is 17.6 Å². The van der Waals surface area contributed by atoms with Gasteiger partial charge in [0.15, 0.2) is 0 Å². The fourth-order valence-electron chi connectivity index (χ4n) is 4.55. The van der Waals surface area contributed by atoms with Gasteiger partial charge in [-0.2, -0.15) is 0 Å². The molecule has 0 radical (unpaired) electrons. The highest BCUT2D eigenvalue weighted by atomic mass is 31.0. The maximum Gasteiger partial charge on any atom is 0.126 e. The van der Waals surface area contributed by atoms with Crippen molar-refractivity contribution in [2.24, 2.45) is 5.92 Å². The molecule has 0 bridgehead atoms. The zero-order chi connectivity index (χ0) is 21.3. The molecule has 4 nitrogen and oxygen atoms in total. The molecule has 0 amide bonds. The van der Waals surface area contributed by atoms with Crippen molar-refractivity contribution in [2.45, 2.75) is 50.4 Å². The average Bonchev–Trinajstić information content (AvgIpc) is 2.72. The first-order valence-corrected chi connectivity index (χ1v) is 11.0. The Hall–Kier alpha value is -1.59. The minimum absolute atomic E-state index is 0.107. The van der Waals surface area contributed by atoms with E-state index in [2.05, 4.69) is 9.39 Å². The molecule has 0 spiro atoms. The summed E-state index contributed by atoms with van der Waals surface area (Å²) in [4.78, 5) is 0. The summed E-state index contributed by atoms with van der Waals surface area (Å²) in [6, 6.07) is 9.33. The van der Waals surface area contributed by atoms with Crippen molar-refractivity contribution in [1.82, 2.24) is 4.67 Å². The summed E-state index contributed by atoms with van der Waals surface area (Å²) in [5, 5.41) is 21.4. The van der Waals surface area contributed by atoms with E-state index in [1.807, 2.05) is 10.7 Å². The Morgan fingerprint density at radius 3 is 2.40 bits per heavy atom. The number of nitrogens with zero attached hydrogens (tertiary/aromatic N) is 1. The molecule has 5 atom stereocenters. The van der Waals surface area contributed by atoms with Crippen molar-refractivity contribution >= 4 is 9.39 Å². The van der Waals surface area contributed by atoms with Crippen LogP contribution in [0.2, 0.25) is 0 Å². The molecule has 1 unspecified atom stereocenters. The number of fused-ring (bicyclic) bond motifs is 2. The monoisotopic (exact) mass is 435 g/mol. The number of hydrogen-bond donors (Lipinski definition) is 2. The van der Waals surface area contributed by atoms with Crippen LogP contribution >= 0.6 is 9.39 Å². The number of halogens is 2. The fourth-order valence-corrected chi connectivity index (χ4v) is 4.98. The molecule has 30 heavy (non-hydrogen) atoms. The van der Waals surface area contributed by atoms with E-state index in [4.69, 9.17) is 4.74 Å². The van der Waals surface area contributed by atoms with Crippen LogP contribution in [0.5, 0.6) is 5.75 Å². The van der Waals surface area contributed by atoms with Gasteiger partial charge in [0.1, 0.15) is 29.6 Å². The number of benzene rings is 2. The number of aryl methyl sites for hydroxylation is 2. The predicted molar refractivity (Wildman–Crippen MR) is 114 cm³/mol. The molecule has 1 aliphatic heterocycles. The van der Waals surface area contributed by atoms with Gasteiger partial charge in [-0.1, -0.05) is 15.5 Å². The van der Waals surface area contributed by atoms with Crippen molar-refractivity contribution < 1.29 is 23.7 Å². The smallest absolute Gasteiger partial charge is 0.126 e. The minimum Gasteiger partial charge on any atom is -0.487 e. The lowest BCUT2D eigenvalue weighted by atomic mass is 9.81. The van der Waals surface area contributed by atoms with Gasteiger partial charge < -0.3 is 14.9 Å². The molecule has 2 aromatic carbocycles. The first-order valence-electron chi connectivity index (χ1n) is 10.5. The van der Waals surface area contributed by atoms with Gasteiger partial charge in [0, 0.05) is 13.1 Å². The molecule has 0 fully saturated rings. The Bertz CT molecular complexity index is 825. The highest BCUT2D eigenvalue weighted by Crippen LogP contribution is 2.31. The van der Waals surface area contributed by atoms with Crippen LogP contribution in [0.4, 0.5) is 8.78 Å². The number of hydrogen-bond acceptors (Lipinski definition) is 4. The maximum absolute atomic E-state index is 13.4. The van der Waals surface area contributed by atoms with Gasteiger partial charge in [0.05, 0.1) is 6.10 Å². The van der Waals surface area contributed by atoms with Gasteiger partial charge in [0.2, 0.25) is 0 Å². The number of rotatable bonds is 6. The number of ether oxygens (including phenoxy) is 1. The maximum atomic E-state index is 13.4. The molecule has 2 aromatic rings. The molecule has 1 aliphatic carbocycles. The summed E-state index contributed by atoms with van der Waals surface area (Å²) in [7, 11) is 2.58. The highest BCUT2D eigenvalue weighted by molar-refractivity contribution is 7.13. The van der Waals surface area contributed by atoms with Crippen molar-refractivity contribution in [2.75, 3.05) is 13.1 Å². The molecule has 1 heterocycles. The summed E-state index contributed by atoms with van der Waals surface area (Å²) in [5.74, 6) is 0.239. The second-order valence-electron chi connectivity index (χ2n) is 8.45. The molecule has 4 rings (SSSR count). The molecule has 2 aliphatic rings. The van der Waals surface area contributed by atoms with Crippen molar-refractivity contribution in [3.8, 4) is 5.75 Å². The lowest BCUT2D eigenvalue weighted by Crippen LogP contribution is -2.43. The molecule has 0 aromatic heterocycles. The third kappa shape index (κ3) is 5.00. The first kappa shape index (κ1) is 21.6. The SMILES string of the molecule is O[C@@H](CN(P)C[C@H](O)[C@@H]1CCc2cc(F)ccc2O1)[C@H]1CCc2cc(F)ccc2C1. The van der Waals surface area contributed by atoms with Crippen LogP contribution in [0.3, 0.4) is 0 Å². The number of aliphatic hydroxyl groups is 2. The van der Waals surface area contributed by atoms with E-state index in [-0.39, 0.29) is 23.7 Å². The number of aliphatic hydroxyl groups excluding tert-OH is 2. The van der Waals surface area contributed by atoms with Crippen LogP contribution in [0.25, 0.3) is 0 Å². The van der Waals surface area contributed by atoms with Crippen molar-refractivity contribution in [3.63, 3.8) is 0 Å². The third-order valence-corrected chi connectivity index (χ3v) is 6.67. The van der Waals surface area contributed by atoms with Crippen molar-refractivity contribution in [3.05, 3.63) is 64.7 Å². The normalized spacial score (nSPS) is 22.7.